The van der Waals surface area contributed by atoms with Gasteiger partial charge in [0.05, 0.1) is 5.41 Å². The van der Waals surface area contributed by atoms with Gasteiger partial charge >= 0.3 is 0 Å². The lowest BCUT2D eigenvalue weighted by atomic mass is 9.74. The van der Waals surface area contributed by atoms with Crippen molar-refractivity contribution in [3.8, 4) is 0 Å². The molecule has 1 unspecified atom stereocenters. The van der Waals surface area contributed by atoms with E-state index in [2.05, 4.69) is 33.3 Å². The molecule has 0 spiro atoms. The van der Waals surface area contributed by atoms with Crippen molar-refractivity contribution in [1.29, 1.82) is 0 Å². The van der Waals surface area contributed by atoms with Crippen LogP contribution in [-0.2, 0) is 16.0 Å². The number of hydrogen-bond acceptors (Lipinski definition) is 6. The number of aryl methyl sites for hydroxylation is 1. The lowest BCUT2D eigenvalue weighted by Crippen LogP contribution is -2.49. The maximum absolute atomic E-state index is 6.47. The van der Waals surface area contributed by atoms with Crippen LogP contribution in [0.15, 0.2) is 23.6 Å². The molecule has 4 rings (SSSR count). The summed E-state index contributed by atoms with van der Waals surface area (Å²) in [5, 5.41) is 7.89. The van der Waals surface area contributed by atoms with E-state index in [1.165, 1.54) is 43.5 Å². The summed E-state index contributed by atoms with van der Waals surface area (Å²) in [5.74, 6) is 0.804. The molecule has 6 heteroatoms. The maximum Gasteiger partial charge on any atom is 0.232 e. The van der Waals surface area contributed by atoms with Crippen molar-refractivity contribution < 1.29 is 9.57 Å². The molecule has 6 nitrogen and oxygen atoms in total. The Bertz CT molecular complexity index is 651. The monoisotopic (exact) mass is 372 g/mol. The molecule has 2 fully saturated rings. The van der Waals surface area contributed by atoms with Gasteiger partial charge in [0, 0.05) is 18.9 Å². The topological polar surface area (TPSA) is 59.0 Å². The molecule has 0 saturated carbocycles. The van der Waals surface area contributed by atoms with Crippen LogP contribution in [0.4, 0.5) is 0 Å². The summed E-state index contributed by atoms with van der Waals surface area (Å²) in [7, 11) is 0. The molecule has 3 aliphatic heterocycles. The first-order valence-corrected chi connectivity index (χ1v) is 10.4. The number of ether oxygens (including phenoxy) is 1. The summed E-state index contributed by atoms with van der Waals surface area (Å²) in [6, 6.07) is 2.23. The Hall–Kier alpha value is -1.66. The Labute approximate surface area is 162 Å². The van der Waals surface area contributed by atoms with E-state index >= 15 is 0 Å². The first-order chi connectivity index (χ1) is 13.2. The van der Waals surface area contributed by atoms with Gasteiger partial charge in [-0.15, -0.1) is 0 Å². The molecule has 0 amide bonds. The minimum Gasteiger partial charge on any atom is -0.470 e. The zero-order valence-electron chi connectivity index (χ0n) is 16.5. The van der Waals surface area contributed by atoms with Gasteiger partial charge < -0.3 is 14.9 Å². The van der Waals surface area contributed by atoms with Crippen LogP contribution in [0.25, 0.3) is 0 Å². The van der Waals surface area contributed by atoms with Crippen molar-refractivity contribution in [1.82, 2.24) is 15.2 Å². The van der Waals surface area contributed by atoms with E-state index < -0.39 is 0 Å². The van der Waals surface area contributed by atoms with Crippen molar-refractivity contribution in [3.63, 3.8) is 0 Å². The molecule has 0 radical (unpaired) electrons. The molecule has 0 bridgehead atoms. The molecular formula is C21H32N4O2. The van der Waals surface area contributed by atoms with Gasteiger partial charge in [-0.3, -0.25) is 9.88 Å². The predicted molar refractivity (Wildman–Crippen MR) is 106 cm³/mol. The Morgan fingerprint density at radius 1 is 1.19 bits per heavy atom. The van der Waals surface area contributed by atoms with Gasteiger partial charge in [-0.2, -0.15) is 0 Å². The summed E-state index contributed by atoms with van der Waals surface area (Å²) in [6.45, 7) is 7.92. The smallest absolute Gasteiger partial charge is 0.232 e. The van der Waals surface area contributed by atoms with Gasteiger partial charge in [0.15, 0.2) is 6.61 Å². The lowest BCUT2D eigenvalue weighted by Gasteiger charge is -2.41. The average Bonchev–Trinajstić information content (AvgIpc) is 2.70. The molecule has 27 heavy (non-hydrogen) atoms. The number of piperidine rings is 2. The van der Waals surface area contributed by atoms with E-state index in [1.807, 2.05) is 12.4 Å². The predicted octanol–water partition coefficient (Wildman–Crippen LogP) is 2.52. The molecule has 0 aromatic carbocycles. The van der Waals surface area contributed by atoms with Crippen molar-refractivity contribution in [3.05, 3.63) is 29.6 Å². The normalized spacial score (nSPS) is 26.0. The van der Waals surface area contributed by atoms with Gasteiger partial charge in [0.2, 0.25) is 5.90 Å². The van der Waals surface area contributed by atoms with Crippen molar-refractivity contribution >= 4 is 5.90 Å². The number of likely N-dealkylation sites (tertiary alicyclic amines) is 1. The van der Waals surface area contributed by atoms with E-state index in [0.29, 0.717) is 6.61 Å². The summed E-state index contributed by atoms with van der Waals surface area (Å²) >= 11 is 0. The van der Waals surface area contributed by atoms with E-state index in [0.717, 1.165) is 44.8 Å². The summed E-state index contributed by atoms with van der Waals surface area (Å²) in [4.78, 5) is 12.6. The SMILES string of the molecule is Cc1cncc(CC2(C3=NOCC(CN4CCCCC4)O3)CCNCC2)c1. The Morgan fingerprint density at radius 2 is 2.00 bits per heavy atom. The fourth-order valence-corrected chi connectivity index (χ4v) is 4.61. The average molecular weight is 373 g/mol. The highest BCUT2D eigenvalue weighted by atomic mass is 16.7. The van der Waals surface area contributed by atoms with Crippen molar-refractivity contribution in [2.24, 2.45) is 10.6 Å². The number of aromatic nitrogens is 1. The molecule has 148 valence electrons. The minimum absolute atomic E-state index is 0.0815. The van der Waals surface area contributed by atoms with Crippen LogP contribution in [0.3, 0.4) is 0 Å². The van der Waals surface area contributed by atoms with Crippen molar-refractivity contribution in [2.45, 2.75) is 51.6 Å². The fraction of sp³-hybridized carbons (Fsp3) is 0.714. The summed E-state index contributed by atoms with van der Waals surface area (Å²) < 4.78 is 6.47. The van der Waals surface area contributed by atoms with Gasteiger partial charge in [0.25, 0.3) is 0 Å². The molecule has 0 aliphatic carbocycles. The van der Waals surface area contributed by atoms with Crippen molar-refractivity contribution in [2.75, 3.05) is 39.3 Å². The van der Waals surface area contributed by atoms with Gasteiger partial charge in [-0.1, -0.05) is 17.6 Å². The zero-order chi connectivity index (χ0) is 18.5. The van der Waals surface area contributed by atoms with E-state index in [9.17, 15) is 0 Å². The number of nitrogens with one attached hydrogen (secondary N) is 1. The third-order valence-corrected chi connectivity index (χ3v) is 6.09. The highest BCUT2D eigenvalue weighted by Gasteiger charge is 2.42. The molecule has 1 N–H and O–H groups in total. The Morgan fingerprint density at radius 3 is 2.78 bits per heavy atom. The second kappa shape index (κ2) is 8.57. The van der Waals surface area contributed by atoms with Crippen LogP contribution < -0.4 is 5.32 Å². The first kappa shape index (κ1) is 18.7. The Balaban J connectivity index is 1.48. The Kier molecular flexibility index (Phi) is 5.93. The van der Waals surface area contributed by atoms with E-state index in [-0.39, 0.29) is 11.5 Å². The van der Waals surface area contributed by atoms with Gasteiger partial charge in [-0.25, -0.2) is 0 Å². The van der Waals surface area contributed by atoms with Crippen LogP contribution in [-0.4, -0.2) is 61.2 Å². The summed E-state index contributed by atoms with van der Waals surface area (Å²) in [5.41, 5.74) is 2.35. The fourth-order valence-electron chi connectivity index (χ4n) is 4.61. The number of hydrogen-bond donors (Lipinski definition) is 1. The number of nitrogens with zero attached hydrogens (tertiary/aromatic N) is 3. The van der Waals surface area contributed by atoms with Crippen LogP contribution in [0, 0.1) is 12.3 Å². The molecule has 3 aliphatic rings. The second-order valence-corrected chi connectivity index (χ2v) is 8.37. The summed E-state index contributed by atoms with van der Waals surface area (Å²) in [6.07, 6.45) is 10.8. The maximum atomic E-state index is 6.47. The number of oxime groups is 1. The zero-order valence-corrected chi connectivity index (χ0v) is 16.5. The van der Waals surface area contributed by atoms with Crippen LogP contribution in [0.1, 0.15) is 43.2 Å². The first-order valence-electron chi connectivity index (χ1n) is 10.4. The third-order valence-electron chi connectivity index (χ3n) is 6.09. The standard InChI is InChI=1S/C21H32N4O2/c1-17-11-18(14-23-13-17)12-21(5-7-22-8-6-21)20-24-26-16-19(27-20)15-25-9-3-2-4-10-25/h11,13-14,19,22H,2-10,12,15-16H2,1H3. The molecule has 1 aromatic rings. The molecular weight excluding hydrogens is 340 g/mol. The second-order valence-electron chi connectivity index (χ2n) is 8.37. The highest BCUT2D eigenvalue weighted by molar-refractivity contribution is 5.83. The quantitative estimate of drug-likeness (QED) is 0.861. The van der Waals surface area contributed by atoms with E-state index in [1.54, 1.807) is 0 Å². The molecule has 1 aromatic heterocycles. The van der Waals surface area contributed by atoms with Crippen LogP contribution >= 0.6 is 0 Å². The number of rotatable bonds is 5. The molecule has 4 heterocycles. The van der Waals surface area contributed by atoms with Gasteiger partial charge in [-0.05, 0) is 76.3 Å². The number of pyridine rings is 1. The third kappa shape index (κ3) is 4.61. The lowest BCUT2D eigenvalue weighted by molar-refractivity contribution is -0.0242. The molecule has 2 saturated heterocycles. The van der Waals surface area contributed by atoms with Gasteiger partial charge in [0.1, 0.15) is 6.10 Å². The largest absolute Gasteiger partial charge is 0.470 e. The van der Waals surface area contributed by atoms with E-state index in [4.69, 9.17) is 9.57 Å². The van der Waals surface area contributed by atoms with Crippen LogP contribution in [0.2, 0.25) is 0 Å². The molecule has 1 atom stereocenters. The minimum atomic E-state index is -0.0959. The highest BCUT2D eigenvalue weighted by Crippen LogP contribution is 2.37. The van der Waals surface area contributed by atoms with Crippen LogP contribution in [0.5, 0.6) is 0 Å².